The summed E-state index contributed by atoms with van der Waals surface area (Å²) in [5.41, 5.74) is 1.81. The van der Waals surface area contributed by atoms with Gasteiger partial charge in [0.05, 0.1) is 29.8 Å². The lowest BCUT2D eigenvalue weighted by atomic mass is 10.1. The minimum Gasteiger partial charge on any atom is -0.338 e. The molecule has 1 amide bonds. The van der Waals surface area contributed by atoms with Crippen LogP contribution in [0.25, 0.3) is 0 Å². The van der Waals surface area contributed by atoms with Gasteiger partial charge < -0.3 is 10.2 Å². The maximum absolute atomic E-state index is 12.0. The standard InChI is InChI=1S/C16H19N5O/c1-2-16(22)21-9-3-4-14(21)13-6-5-12(10-19-13)20-15-11-17-7-8-18-15/h5-8,10-11,14H,2-4,9H2,1H3,(H,18,20)/t14-/m0/s1. The van der Waals surface area contributed by atoms with E-state index in [2.05, 4.69) is 20.3 Å². The van der Waals surface area contributed by atoms with E-state index in [0.29, 0.717) is 12.2 Å². The quantitative estimate of drug-likeness (QED) is 0.939. The van der Waals surface area contributed by atoms with Crippen molar-refractivity contribution in [1.29, 1.82) is 0 Å². The number of nitrogens with one attached hydrogen (secondary N) is 1. The largest absolute Gasteiger partial charge is 0.338 e. The zero-order valence-electron chi connectivity index (χ0n) is 12.6. The maximum Gasteiger partial charge on any atom is 0.222 e. The Labute approximate surface area is 129 Å². The Morgan fingerprint density at radius 3 is 2.91 bits per heavy atom. The number of nitrogens with zero attached hydrogens (tertiary/aromatic N) is 4. The minimum absolute atomic E-state index is 0.109. The molecule has 114 valence electrons. The highest BCUT2D eigenvalue weighted by atomic mass is 16.2. The van der Waals surface area contributed by atoms with Gasteiger partial charge in [0.1, 0.15) is 5.82 Å². The third-order valence-corrected chi connectivity index (χ3v) is 3.84. The van der Waals surface area contributed by atoms with Gasteiger partial charge in [-0.1, -0.05) is 6.92 Å². The molecule has 1 saturated heterocycles. The van der Waals surface area contributed by atoms with Gasteiger partial charge in [0.15, 0.2) is 0 Å². The number of carbonyl (C=O) groups is 1. The summed E-state index contributed by atoms with van der Waals surface area (Å²) < 4.78 is 0. The van der Waals surface area contributed by atoms with Crippen LogP contribution in [0.15, 0.2) is 36.9 Å². The van der Waals surface area contributed by atoms with E-state index in [-0.39, 0.29) is 11.9 Å². The van der Waals surface area contributed by atoms with Crippen molar-refractivity contribution in [2.75, 3.05) is 11.9 Å². The van der Waals surface area contributed by atoms with Gasteiger partial charge in [-0.05, 0) is 25.0 Å². The first-order valence-corrected chi connectivity index (χ1v) is 7.56. The average molecular weight is 297 g/mol. The zero-order valence-corrected chi connectivity index (χ0v) is 12.6. The highest BCUT2D eigenvalue weighted by molar-refractivity contribution is 5.76. The molecule has 1 fully saturated rings. The molecule has 1 N–H and O–H groups in total. The Morgan fingerprint density at radius 2 is 2.23 bits per heavy atom. The SMILES string of the molecule is CCC(=O)N1CCC[C@H]1c1ccc(Nc2cnccn2)cn1. The van der Waals surface area contributed by atoms with Crippen molar-refractivity contribution in [1.82, 2.24) is 19.9 Å². The number of hydrogen-bond acceptors (Lipinski definition) is 5. The number of hydrogen-bond donors (Lipinski definition) is 1. The molecule has 0 aliphatic carbocycles. The summed E-state index contributed by atoms with van der Waals surface area (Å²) in [6.07, 6.45) is 9.27. The normalized spacial score (nSPS) is 17.5. The molecule has 0 spiro atoms. The van der Waals surface area contributed by atoms with Crippen LogP contribution in [-0.2, 0) is 4.79 Å². The van der Waals surface area contributed by atoms with Crippen molar-refractivity contribution < 1.29 is 4.79 Å². The fourth-order valence-corrected chi connectivity index (χ4v) is 2.76. The van der Waals surface area contributed by atoms with Gasteiger partial charge in [-0.15, -0.1) is 0 Å². The molecular weight excluding hydrogens is 278 g/mol. The van der Waals surface area contributed by atoms with E-state index in [1.54, 1.807) is 24.8 Å². The van der Waals surface area contributed by atoms with Gasteiger partial charge >= 0.3 is 0 Å². The fraction of sp³-hybridized carbons (Fsp3) is 0.375. The first kappa shape index (κ1) is 14.4. The van der Waals surface area contributed by atoms with E-state index in [1.165, 1.54) is 0 Å². The molecule has 6 heteroatoms. The maximum atomic E-state index is 12.0. The Balaban J connectivity index is 1.72. The summed E-state index contributed by atoms with van der Waals surface area (Å²) in [5.74, 6) is 0.881. The van der Waals surface area contributed by atoms with E-state index >= 15 is 0 Å². The van der Waals surface area contributed by atoms with Crippen molar-refractivity contribution >= 4 is 17.4 Å². The Kier molecular flexibility index (Phi) is 4.27. The van der Waals surface area contributed by atoms with Crippen LogP contribution >= 0.6 is 0 Å². The highest BCUT2D eigenvalue weighted by Gasteiger charge is 2.29. The molecule has 1 aliphatic heterocycles. The Bertz CT molecular complexity index is 629. The van der Waals surface area contributed by atoms with Crippen LogP contribution in [-0.4, -0.2) is 32.3 Å². The zero-order chi connectivity index (χ0) is 15.4. The van der Waals surface area contributed by atoms with Crippen LogP contribution in [0, 0.1) is 0 Å². The van der Waals surface area contributed by atoms with Crippen LogP contribution in [0.5, 0.6) is 0 Å². The second-order valence-electron chi connectivity index (χ2n) is 5.29. The summed E-state index contributed by atoms with van der Waals surface area (Å²) >= 11 is 0. The lowest BCUT2D eigenvalue weighted by molar-refractivity contribution is -0.131. The molecule has 3 rings (SSSR count). The van der Waals surface area contributed by atoms with Gasteiger partial charge in [-0.2, -0.15) is 0 Å². The molecule has 1 aliphatic rings. The van der Waals surface area contributed by atoms with E-state index in [0.717, 1.165) is 30.8 Å². The van der Waals surface area contributed by atoms with Crippen molar-refractivity contribution in [3.8, 4) is 0 Å². The molecule has 22 heavy (non-hydrogen) atoms. The number of anilines is 2. The molecule has 0 bridgehead atoms. The van der Waals surface area contributed by atoms with Crippen molar-refractivity contribution in [3.05, 3.63) is 42.6 Å². The summed E-state index contributed by atoms with van der Waals surface area (Å²) in [4.78, 5) is 26.6. The summed E-state index contributed by atoms with van der Waals surface area (Å²) in [5, 5.41) is 3.15. The summed E-state index contributed by atoms with van der Waals surface area (Å²) in [6, 6.07) is 4.05. The third-order valence-electron chi connectivity index (χ3n) is 3.84. The smallest absolute Gasteiger partial charge is 0.222 e. The number of pyridine rings is 1. The van der Waals surface area contributed by atoms with Gasteiger partial charge in [0.2, 0.25) is 5.91 Å². The van der Waals surface area contributed by atoms with Crippen molar-refractivity contribution in [2.45, 2.75) is 32.2 Å². The van der Waals surface area contributed by atoms with Crippen LogP contribution in [0.4, 0.5) is 11.5 Å². The van der Waals surface area contributed by atoms with E-state index in [1.807, 2.05) is 24.0 Å². The van der Waals surface area contributed by atoms with Crippen LogP contribution < -0.4 is 5.32 Å². The van der Waals surface area contributed by atoms with Gasteiger partial charge in [-0.25, -0.2) is 4.98 Å². The first-order chi connectivity index (χ1) is 10.8. The minimum atomic E-state index is 0.109. The van der Waals surface area contributed by atoms with E-state index in [4.69, 9.17) is 0 Å². The third kappa shape index (κ3) is 3.05. The highest BCUT2D eigenvalue weighted by Crippen LogP contribution is 2.31. The molecule has 2 aromatic heterocycles. The van der Waals surface area contributed by atoms with E-state index < -0.39 is 0 Å². The molecule has 0 unspecified atom stereocenters. The van der Waals surface area contributed by atoms with Crippen molar-refractivity contribution in [3.63, 3.8) is 0 Å². The summed E-state index contributed by atoms with van der Waals surface area (Å²) in [6.45, 7) is 2.73. The lowest BCUT2D eigenvalue weighted by Gasteiger charge is -2.24. The Hall–Kier alpha value is -2.50. The first-order valence-electron chi connectivity index (χ1n) is 7.56. The molecule has 0 saturated carbocycles. The number of likely N-dealkylation sites (tertiary alicyclic amines) is 1. The Morgan fingerprint density at radius 1 is 1.32 bits per heavy atom. The fourth-order valence-electron chi connectivity index (χ4n) is 2.76. The van der Waals surface area contributed by atoms with Gasteiger partial charge in [-0.3, -0.25) is 14.8 Å². The number of carbonyl (C=O) groups excluding carboxylic acids is 1. The predicted molar refractivity (Wildman–Crippen MR) is 83.5 cm³/mol. The van der Waals surface area contributed by atoms with Crippen LogP contribution in [0.3, 0.4) is 0 Å². The van der Waals surface area contributed by atoms with Crippen LogP contribution in [0.1, 0.15) is 37.9 Å². The number of rotatable bonds is 4. The summed E-state index contributed by atoms with van der Waals surface area (Å²) in [7, 11) is 0. The van der Waals surface area contributed by atoms with E-state index in [9.17, 15) is 4.79 Å². The van der Waals surface area contributed by atoms with Crippen molar-refractivity contribution in [2.24, 2.45) is 0 Å². The molecule has 2 aromatic rings. The molecular formula is C16H19N5O. The lowest BCUT2D eigenvalue weighted by Crippen LogP contribution is -2.30. The second kappa shape index (κ2) is 6.51. The topological polar surface area (TPSA) is 71.0 Å². The van der Waals surface area contributed by atoms with Crippen LogP contribution in [0.2, 0.25) is 0 Å². The van der Waals surface area contributed by atoms with Gasteiger partial charge in [0, 0.05) is 25.4 Å². The molecule has 0 radical (unpaired) electrons. The predicted octanol–water partition coefficient (Wildman–Crippen LogP) is 2.69. The average Bonchev–Trinajstić information content (AvgIpc) is 3.05. The second-order valence-corrected chi connectivity index (χ2v) is 5.29. The molecule has 1 atom stereocenters. The number of amides is 1. The molecule has 6 nitrogen and oxygen atoms in total. The molecule has 0 aromatic carbocycles. The monoisotopic (exact) mass is 297 g/mol. The number of aromatic nitrogens is 3. The van der Waals surface area contributed by atoms with Gasteiger partial charge in [0.25, 0.3) is 0 Å². The molecule has 3 heterocycles.